The Bertz CT molecular complexity index is 654. The molecule has 5 heteroatoms. The molecule has 0 aromatic heterocycles. The van der Waals surface area contributed by atoms with Gasteiger partial charge in [-0.2, -0.15) is 0 Å². The van der Waals surface area contributed by atoms with Crippen LogP contribution in [0.4, 0.5) is 10.1 Å². The highest BCUT2D eigenvalue weighted by molar-refractivity contribution is 14.0. The first-order chi connectivity index (χ1) is 10.6. The smallest absolute Gasteiger partial charge is 0.193 e. The van der Waals surface area contributed by atoms with Gasteiger partial charge >= 0.3 is 0 Å². The van der Waals surface area contributed by atoms with Crippen molar-refractivity contribution < 1.29 is 4.39 Å². The summed E-state index contributed by atoms with van der Waals surface area (Å²) in [6.07, 6.45) is 1.75. The third kappa shape index (κ3) is 6.17. The maximum absolute atomic E-state index is 13.0. The molecule has 0 saturated carbocycles. The minimum atomic E-state index is -0.207. The van der Waals surface area contributed by atoms with Crippen LogP contribution < -0.4 is 11.1 Å². The van der Waals surface area contributed by atoms with Gasteiger partial charge in [-0.05, 0) is 60.7 Å². The molecule has 0 spiro atoms. The lowest BCUT2D eigenvalue weighted by atomic mass is 10.1. The van der Waals surface area contributed by atoms with Gasteiger partial charge in [0.2, 0.25) is 0 Å². The average Bonchev–Trinajstić information content (AvgIpc) is 2.50. The number of nitrogens with zero attached hydrogens (tertiary/aromatic N) is 1. The zero-order valence-corrected chi connectivity index (χ0v) is 15.8. The number of anilines is 1. The molecule has 0 bridgehead atoms. The molecule has 0 aliphatic carbocycles. The molecular weight excluding hydrogens is 404 g/mol. The Hall–Kier alpha value is -1.63. The third-order valence-electron chi connectivity index (χ3n) is 3.60. The van der Waals surface area contributed by atoms with Crippen molar-refractivity contribution in [3.05, 3.63) is 65.0 Å². The molecule has 3 N–H and O–H groups in total. The third-order valence-corrected chi connectivity index (χ3v) is 3.60. The molecule has 2 aromatic rings. The summed E-state index contributed by atoms with van der Waals surface area (Å²) in [5.74, 6) is 0.186. The molecule has 23 heavy (non-hydrogen) atoms. The number of rotatable bonds is 5. The van der Waals surface area contributed by atoms with Crippen LogP contribution in [0.1, 0.15) is 23.6 Å². The van der Waals surface area contributed by atoms with E-state index in [0.717, 1.165) is 29.7 Å². The molecule has 0 saturated heterocycles. The highest BCUT2D eigenvalue weighted by Crippen LogP contribution is 2.11. The maximum atomic E-state index is 13.0. The predicted molar refractivity (Wildman–Crippen MR) is 106 cm³/mol. The van der Waals surface area contributed by atoms with E-state index in [1.54, 1.807) is 6.07 Å². The number of aryl methyl sites for hydroxylation is 2. The molecule has 0 aliphatic rings. The molecule has 3 nitrogen and oxygen atoms in total. The summed E-state index contributed by atoms with van der Waals surface area (Å²) in [5, 5.41) is 3.07. The molecule has 0 heterocycles. The Kier molecular flexibility index (Phi) is 8.02. The van der Waals surface area contributed by atoms with E-state index in [1.807, 2.05) is 19.1 Å². The van der Waals surface area contributed by atoms with Gasteiger partial charge in [0.25, 0.3) is 0 Å². The number of nitrogens with one attached hydrogen (secondary N) is 1. The fourth-order valence-electron chi connectivity index (χ4n) is 2.25. The quantitative estimate of drug-likeness (QED) is 0.425. The Morgan fingerprint density at radius 2 is 1.87 bits per heavy atom. The lowest BCUT2D eigenvalue weighted by Crippen LogP contribution is -2.23. The number of benzene rings is 2. The van der Waals surface area contributed by atoms with Crippen LogP contribution in [-0.2, 0) is 12.8 Å². The van der Waals surface area contributed by atoms with Crippen molar-refractivity contribution in [1.82, 2.24) is 0 Å². The number of hydrogen-bond acceptors (Lipinski definition) is 1. The average molecular weight is 427 g/mol. The van der Waals surface area contributed by atoms with Crippen molar-refractivity contribution in [2.24, 2.45) is 10.7 Å². The first kappa shape index (κ1) is 19.4. The SMILES string of the molecule is CCc1ccc(NC(N)=NCCc2ccc(F)cc2C)cc1.I. The van der Waals surface area contributed by atoms with Gasteiger partial charge in [0.05, 0.1) is 0 Å². The van der Waals surface area contributed by atoms with Gasteiger partial charge in [-0.3, -0.25) is 4.99 Å². The zero-order chi connectivity index (χ0) is 15.9. The first-order valence-electron chi connectivity index (χ1n) is 7.49. The molecule has 0 unspecified atom stereocenters. The molecule has 2 aromatic carbocycles. The Balaban J connectivity index is 0.00000264. The van der Waals surface area contributed by atoms with Crippen LogP contribution in [-0.4, -0.2) is 12.5 Å². The van der Waals surface area contributed by atoms with Gasteiger partial charge in [0, 0.05) is 12.2 Å². The van der Waals surface area contributed by atoms with Crippen LogP contribution in [0.5, 0.6) is 0 Å². The summed E-state index contributed by atoms with van der Waals surface area (Å²) in [6.45, 7) is 4.59. The summed E-state index contributed by atoms with van der Waals surface area (Å²) < 4.78 is 13.0. The van der Waals surface area contributed by atoms with E-state index in [1.165, 1.54) is 17.7 Å². The van der Waals surface area contributed by atoms with Gasteiger partial charge in [-0.1, -0.05) is 25.1 Å². The topological polar surface area (TPSA) is 50.4 Å². The number of halogens is 2. The summed E-state index contributed by atoms with van der Waals surface area (Å²) in [4.78, 5) is 4.31. The van der Waals surface area contributed by atoms with E-state index >= 15 is 0 Å². The molecular formula is C18H23FIN3. The van der Waals surface area contributed by atoms with Crippen molar-refractivity contribution in [2.45, 2.75) is 26.7 Å². The second kappa shape index (κ2) is 9.50. The number of nitrogens with two attached hydrogens (primary N) is 1. The Labute approximate surface area is 154 Å². The van der Waals surface area contributed by atoms with Crippen LogP contribution in [0.25, 0.3) is 0 Å². The molecule has 0 fully saturated rings. The Morgan fingerprint density at radius 3 is 2.48 bits per heavy atom. The van der Waals surface area contributed by atoms with Crippen LogP contribution >= 0.6 is 24.0 Å². The van der Waals surface area contributed by atoms with Gasteiger partial charge in [0.15, 0.2) is 5.96 Å². The standard InChI is InChI=1S/C18H22FN3.HI/c1-3-14-4-8-17(9-5-14)22-18(20)21-11-10-15-6-7-16(19)12-13(15)2;/h4-9,12H,3,10-11H2,1-2H3,(H3,20,21,22);1H. The van der Waals surface area contributed by atoms with E-state index in [0.29, 0.717) is 12.5 Å². The van der Waals surface area contributed by atoms with Crippen LogP contribution in [0.2, 0.25) is 0 Å². The largest absolute Gasteiger partial charge is 0.370 e. The fraction of sp³-hybridized carbons (Fsp3) is 0.278. The highest BCUT2D eigenvalue weighted by Gasteiger charge is 2.00. The fourth-order valence-corrected chi connectivity index (χ4v) is 2.25. The van der Waals surface area contributed by atoms with Crippen LogP contribution in [0.3, 0.4) is 0 Å². The van der Waals surface area contributed by atoms with Crippen LogP contribution in [0.15, 0.2) is 47.5 Å². The summed E-state index contributed by atoms with van der Waals surface area (Å²) in [5.41, 5.74) is 10.1. The lowest BCUT2D eigenvalue weighted by molar-refractivity contribution is 0.625. The molecule has 0 aliphatic heterocycles. The normalized spacial score (nSPS) is 11.0. The molecule has 2 rings (SSSR count). The van der Waals surface area contributed by atoms with Gasteiger partial charge < -0.3 is 11.1 Å². The minimum absolute atomic E-state index is 0. The lowest BCUT2D eigenvalue weighted by Gasteiger charge is -2.07. The van der Waals surface area contributed by atoms with E-state index in [2.05, 4.69) is 29.4 Å². The molecule has 0 radical (unpaired) electrons. The summed E-state index contributed by atoms with van der Waals surface area (Å²) in [6, 6.07) is 12.9. The number of aliphatic imine (C=N–C) groups is 1. The van der Waals surface area contributed by atoms with Gasteiger partial charge in [-0.25, -0.2) is 4.39 Å². The van der Waals surface area contributed by atoms with Crippen molar-refractivity contribution in [3.63, 3.8) is 0 Å². The number of guanidine groups is 1. The minimum Gasteiger partial charge on any atom is -0.370 e. The second-order valence-electron chi connectivity index (χ2n) is 5.26. The molecule has 124 valence electrons. The molecule has 0 amide bonds. The summed E-state index contributed by atoms with van der Waals surface area (Å²) >= 11 is 0. The molecule has 0 atom stereocenters. The van der Waals surface area contributed by atoms with E-state index in [4.69, 9.17) is 5.73 Å². The van der Waals surface area contributed by atoms with Crippen molar-refractivity contribution in [3.8, 4) is 0 Å². The van der Waals surface area contributed by atoms with Gasteiger partial charge in [0.1, 0.15) is 5.82 Å². The maximum Gasteiger partial charge on any atom is 0.193 e. The van der Waals surface area contributed by atoms with Crippen molar-refractivity contribution >= 4 is 35.6 Å². The first-order valence-corrected chi connectivity index (χ1v) is 7.49. The highest BCUT2D eigenvalue weighted by atomic mass is 127. The number of hydrogen-bond donors (Lipinski definition) is 2. The van der Waals surface area contributed by atoms with Gasteiger partial charge in [-0.15, -0.1) is 24.0 Å². The second-order valence-corrected chi connectivity index (χ2v) is 5.26. The van der Waals surface area contributed by atoms with Crippen LogP contribution in [0, 0.1) is 12.7 Å². The zero-order valence-electron chi connectivity index (χ0n) is 13.5. The van der Waals surface area contributed by atoms with Crippen molar-refractivity contribution in [2.75, 3.05) is 11.9 Å². The van der Waals surface area contributed by atoms with E-state index in [-0.39, 0.29) is 29.8 Å². The monoisotopic (exact) mass is 427 g/mol. The van der Waals surface area contributed by atoms with E-state index < -0.39 is 0 Å². The Morgan fingerprint density at radius 1 is 1.17 bits per heavy atom. The predicted octanol–water partition coefficient (Wildman–Crippen LogP) is 4.28. The van der Waals surface area contributed by atoms with E-state index in [9.17, 15) is 4.39 Å². The van der Waals surface area contributed by atoms with Crippen molar-refractivity contribution in [1.29, 1.82) is 0 Å². The summed E-state index contributed by atoms with van der Waals surface area (Å²) in [7, 11) is 0.